The van der Waals surface area contributed by atoms with Crippen LogP contribution in [0.3, 0.4) is 0 Å². The molecule has 0 aromatic carbocycles. The Kier molecular flexibility index (Phi) is 3.82. The van der Waals surface area contributed by atoms with Crippen molar-refractivity contribution in [3.05, 3.63) is 34.7 Å². The molecule has 0 saturated carbocycles. The van der Waals surface area contributed by atoms with Gasteiger partial charge in [-0.25, -0.2) is 14.3 Å². The number of hydrogen-bond donors (Lipinski definition) is 0. The third kappa shape index (κ3) is 2.96. The third-order valence-electron chi connectivity index (χ3n) is 1.53. The number of aromatic nitrogens is 2. The van der Waals surface area contributed by atoms with Gasteiger partial charge in [-0.05, 0) is 22.8 Å². The molecule has 1 amide bonds. The maximum atomic E-state index is 11.0. The molecule has 0 aliphatic carbocycles. The zero-order valence-electron chi connectivity index (χ0n) is 8.27. The quantitative estimate of drug-likeness (QED) is 0.324. The van der Waals surface area contributed by atoms with Crippen LogP contribution in [-0.2, 0) is 9.53 Å². The predicted molar refractivity (Wildman–Crippen MR) is 53.2 cm³/mol. The summed E-state index contributed by atoms with van der Waals surface area (Å²) in [6.45, 7) is 0. The summed E-state index contributed by atoms with van der Waals surface area (Å²) in [6, 6.07) is 0. The SMILES string of the molecule is COC(=O)n1cnc(/C=C/C(=O)N=[N+]=[N-])c1. The molecular weight excluding hydrogens is 214 g/mol. The third-order valence-corrected chi connectivity index (χ3v) is 1.53. The smallest absolute Gasteiger partial charge is 0.418 e. The molecule has 16 heavy (non-hydrogen) atoms. The van der Waals surface area contributed by atoms with Crippen LogP contribution in [-0.4, -0.2) is 28.7 Å². The molecule has 0 atom stereocenters. The van der Waals surface area contributed by atoms with Crippen molar-refractivity contribution in [1.29, 1.82) is 0 Å². The first-order chi connectivity index (χ1) is 7.67. The Morgan fingerprint density at radius 1 is 1.69 bits per heavy atom. The fourth-order valence-corrected chi connectivity index (χ4v) is 0.863. The Bertz CT molecular complexity index is 484. The van der Waals surface area contributed by atoms with Crippen LogP contribution in [0.15, 0.2) is 23.7 Å². The molecule has 8 nitrogen and oxygen atoms in total. The number of hydrogen-bond acceptors (Lipinski definition) is 4. The van der Waals surface area contributed by atoms with E-state index in [-0.39, 0.29) is 0 Å². The standard InChI is InChI=1S/C8H7N5O3/c1-16-8(15)13-4-6(10-5-13)2-3-7(14)11-12-9/h2-5H,1H3/b3-2+. The zero-order valence-corrected chi connectivity index (χ0v) is 8.27. The van der Waals surface area contributed by atoms with E-state index >= 15 is 0 Å². The van der Waals surface area contributed by atoms with Gasteiger partial charge in [0.05, 0.1) is 12.8 Å². The van der Waals surface area contributed by atoms with Crippen molar-refractivity contribution in [3.8, 4) is 0 Å². The van der Waals surface area contributed by atoms with Gasteiger partial charge in [0.2, 0.25) is 5.91 Å². The van der Waals surface area contributed by atoms with E-state index in [1.807, 2.05) is 0 Å². The number of amides is 1. The number of azide groups is 1. The minimum atomic E-state index is -0.741. The van der Waals surface area contributed by atoms with Gasteiger partial charge in [-0.15, -0.1) is 0 Å². The molecule has 0 radical (unpaired) electrons. The zero-order chi connectivity index (χ0) is 12.0. The number of methoxy groups -OCH3 is 1. The fraction of sp³-hybridized carbons (Fsp3) is 0.125. The number of ether oxygens (including phenoxy) is 1. The molecule has 0 fully saturated rings. The van der Waals surface area contributed by atoms with Gasteiger partial charge in [0.25, 0.3) is 0 Å². The van der Waals surface area contributed by atoms with Gasteiger partial charge < -0.3 is 4.74 Å². The second-order valence-electron chi connectivity index (χ2n) is 2.54. The van der Waals surface area contributed by atoms with E-state index in [9.17, 15) is 9.59 Å². The van der Waals surface area contributed by atoms with Gasteiger partial charge in [-0.2, -0.15) is 0 Å². The highest BCUT2D eigenvalue weighted by molar-refractivity contribution is 5.92. The lowest BCUT2D eigenvalue weighted by Crippen LogP contribution is -2.08. The number of rotatable bonds is 2. The lowest BCUT2D eigenvalue weighted by atomic mass is 10.4. The van der Waals surface area contributed by atoms with Gasteiger partial charge in [0, 0.05) is 11.1 Å². The molecule has 0 saturated heterocycles. The Labute approximate surface area is 89.8 Å². The molecular formula is C8H7N5O3. The van der Waals surface area contributed by atoms with E-state index in [4.69, 9.17) is 5.53 Å². The average Bonchev–Trinajstić information content (AvgIpc) is 2.74. The van der Waals surface area contributed by atoms with Crippen LogP contribution >= 0.6 is 0 Å². The monoisotopic (exact) mass is 221 g/mol. The van der Waals surface area contributed by atoms with E-state index in [0.29, 0.717) is 5.69 Å². The highest BCUT2D eigenvalue weighted by Crippen LogP contribution is 2.00. The van der Waals surface area contributed by atoms with E-state index in [2.05, 4.69) is 19.7 Å². The van der Waals surface area contributed by atoms with Crippen molar-refractivity contribution in [3.63, 3.8) is 0 Å². The van der Waals surface area contributed by atoms with Crippen LogP contribution in [0.1, 0.15) is 5.69 Å². The second kappa shape index (κ2) is 5.32. The largest absolute Gasteiger partial charge is 0.452 e. The van der Waals surface area contributed by atoms with Crippen molar-refractivity contribution in [1.82, 2.24) is 9.55 Å². The first-order valence-corrected chi connectivity index (χ1v) is 4.07. The number of carbonyl (C=O) groups is 2. The maximum absolute atomic E-state index is 11.0. The van der Waals surface area contributed by atoms with Gasteiger partial charge in [0.15, 0.2) is 0 Å². The fourth-order valence-electron chi connectivity index (χ4n) is 0.863. The Morgan fingerprint density at radius 3 is 3.06 bits per heavy atom. The minimum absolute atomic E-state index is 0.367. The maximum Gasteiger partial charge on any atom is 0.418 e. The molecule has 0 aliphatic heterocycles. The Balaban J connectivity index is 2.76. The van der Waals surface area contributed by atoms with Crippen LogP contribution in [0.25, 0.3) is 16.5 Å². The molecule has 82 valence electrons. The van der Waals surface area contributed by atoms with Gasteiger partial charge in [-0.1, -0.05) is 0 Å². The van der Waals surface area contributed by atoms with Gasteiger partial charge >= 0.3 is 6.09 Å². The average molecular weight is 221 g/mol. The number of nitrogens with zero attached hydrogens (tertiary/aromatic N) is 5. The summed E-state index contributed by atoms with van der Waals surface area (Å²) >= 11 is 0. The highest BCUT2D eigenvalue weighted by Gasteiger charge is 2.03. The molecule has 0 aliphatic rings. The highest BCUT2D eigenvalue weighted by atomic mass is 16.5. The minimum Gasteiger partial charge on any atom is -0.452 e. The van der Waals surface area contributed by atoms with Crippen molar-refractivity contribution in [2.24, 2.45) is 5.11 Å². The summed E-state index contributed by atoms with van der Waals surface area (Å²) in [5.74, 6) is -0.741. The number of imidazole rings is 1. The van der Waals surface area contributed by atoms with E-state index in [1.165, 1.54) is 25.7 Å². The molecule has 0 unspecified atom stereocenters. The first kappa shape index (κ1) is 11.5. The second-order valence-corrected chi connectivity index (χ2v) is 2.54. The summed E-state index contributed by atoms with van der Waals surface area (Å²) in [7, 11) is 1.24. The summed E-state index contributed by atoms with van der Waals surface area (Å²) in [6.07, 6.45) is 4.38. The topological polar surface area (TPSA) is 110 Å². The van der Waals surface area contributed by atoms with Crippen LogP contribution in [0.4, 0.5) is 4.79 Å². The van der Waals surface area contributed by atoms with Crippen molar-refractivity contribution in [2.45, 2.75) is 0 Å². The molecule has 1 heterocycles. The number of carbonyl (C=O) groups excluding carboxylic acids is 2. The lowest BCUT2D eigenvalue weighted by molar-refractivity contribution is -0.113. The Morgan fingerprint density at radius 2 is 2.44 bits per heavy atom. The summed E-state index contributed by atoms with van der Waals surface area (Å²) in [5.41, 5.74) is 8.33. The normalized spacial score (nSPS) is 9.81. The molecule has 1 aromatic rings. The van der Waals surface area contributed by atoms with E-state index in [0.717, 1.165) is 10.6 Å². The lowest BCUT2D eigenvalue weighted by Gasteiger charge is -1.94. The van der Waals surface area contributed by atoms with Crippen molar-refractivity contribution >= 4 is 18.1 Å². The molecule has 0 spiro atoms. The van der Waals surface area contributed by atoms with E-state index in [1.54, 1.807) is 0 Å². The molecule has 8 heteroatoms. The van der Waals surface area contributed by atoms with Crippen molar-refractivity contribution in [2.75, 3.05) is 7.11 Å². The summed E-state index contributed by atoms with van der Waals surface area (Å²) in [4.78, 5) is 27.9. The van der Waals surface area contributed by atoms with Gasteiger partial charge in [0.1, 0.15) is 6.33 Å². The van der Waals surface area contributed by atoms with Crippen LogP contribution in [0, 0.1) is 0 Å². The van der Waals surface area contributed by atoms with Gasteiger partial charge in [-0.3, -0.25) is 4.79 Å². The molecule has 1 rings (SSSR count). The molecule has 1 aromatic heterocycles. The molecule has 0 N–H and O–H groups in total. The molecule has 0 bridgehead atoms. The van der Waals surface area contributed by atoms with Crippen LogP contribution < -0.4 is 0 Å². The van der Waals surface area contributed by atoms with Crippen LogP contribution in [0.2, 0.25) is 0 Å². The van der Waals surface area contributed by atoms with Crippen LogP contribution in [0.5, 0.6) is 0 Å². The first-order valence-electron chi connectivity index (χ1n) is 4.07. The Hall–Kier alpha value is -2.60. The van der Waals surface area contributed by atoms with Crippen molar-refractivity contribution < 1.29 is 14.3 Å². The summed E-state index contributed by atoms with van der Waals surface area (Å²) < 4.78 is 5.55. The summed E-state index contributed by atoms with van der Waals surface area (Å²) in [5, 5.41) is 2.83. The van der Waals surface area contributed by atoms with E-state index < -0.39 is 12.0 Å². The predicted octanol–water partition coefficient (Wildman–Crippen LogP) is 1.35.